The van der Waals surface area contributed by atoms with Crippen molar-refractivity contribution in [3.8, 4) is 11.1 Å². The number of ketones is 1. The first kappa shape index (κ1) is 21.0. The summed E-state index contributed by atoms with van der Waals surface area (Å²) in [6.45, 7) is 1.86. The van der Waals surface area contributed by atoms with E-state index in [1.165, 1.54) is 0 Å². The molecular formula is C27H21NO4. The molecule has 5 heteroatoms. The van der Waals surface area contributed by atoms with Gasteiger partial charge in [-0.3, -0.25) is 4.79 Å². The topological polar surface area (TPSA) is 69.4 Å². The second-order valence-electron chi connectivity index (χ2n) is 7.01. The molecule has 0 amide bonds. The largest absolute Gasteiger partial charge is 0.461 e. The van der Waals surface area contributed by atoms with Gasteiger partial charge in [0.1, 0.15) is 5.56 Å². The predicted octanol–water partition coefficient (Wildman–Crippen LogP) is 5.92. The van der Waals surface area contributed by atoms with Crippen LogP contribution in [-0.4, -0.2) is 23.5 Å². The first-order chi connectivity index (χ1) is 15.7. The SMILES string of the molecule is CCOC(=O)c1noc(/C=C/c2ccc(-c3ccccc3)cc2)c1C(=O)c1ccccc1. The molecule has 5 nitrogen and oxygen atoms in total. The summed E-state index contributed by atoms with van der Waals surface area (Å²) in [6.07, 6.45) is 3.45. The summed E-state index contributed by atoms with van der Waals surface area (Å²) < 4.78 is 10.4. The van der Waals surface area contributed by atoms with Crippen molar-refractivity contribution in [3.05, 3.63) is 113 Å². The van der Waals surface area contributed by atoms with E-state index < -0.39 is 5.97 Å². The summed E-state index contributed by atoms with van der Waals surface area (Å²) in [4.78, 5) is 25.5. The summed E-state index contributed by atoms with van der Waals surface area (Å²) in [6, 6.07) is 26.8. The van der Waals surface area contributed by atoms with Crippen LogP contribution in [0.15, 0.2) is 89.5 Å². The minimum absolute atomic E-state index is 0.0896. The lowest BCUT2D eigenvalue weighted by atomic mass is 10.0. The van der Waals surface area contributed by atoms with Crippen LogP contribution in [0.5, 0.6) is 0 Å². The summed E-state index contributed by atoms with van der Waals surface area (Å²) in [5.41, 5.74) is 3.55. The average molecular weight is 423 g/mol. The maximum Gasteiger partial charge on any atom is 0.361 e. The molecule has 0 atom stereocenters. The molecule has 0 aliphatic heterocycles. The molecule has 0 radical (unpaired) electrons. The summed E-state index contributed by atoms with van der Waals surface area (Å²) in [7, 11) is 0. The van der Waals surface area contributed by atoms with Gasteiger partial charge >= 0.3 is 5.97 Å². The molecule has 32 heavy (non-hydrogen) atoms. The van der Waals surface area contributed by atoms with E-state index in [0.717, 1.165) is 16.7 Å². The summed E-state index contributed by atoms with van der Waals surface area (Å²) in [5.74, 6) is -0.842. The van der Waals surface area contributed by atoms with Crippen LogP contribution in [0, 0.1) is 0 Å². The number of hydrogen-bond donors (Lipinski definition) is 0. The van der Waals surface area contributed by atoms with Crippen molar-refractivity contribution >= 4 is 23.9 Å². The number of carbonyl (C=O) groups excluding carboxylic acids is 2. The maximum atomic E-state index is 13.1. The van der Waals surface area contributed by atoms with E-state index in [4.69, 9.17) is 9.26 Å². The fourth-order valence-electron chi connectivity index (χ4n) is 3.30. The van der Waals surface area contributed by atoms with E-state index in [1.807, 2.05) is 54.6 Å². The molecule has 0 spiro atoms. The molecule has 0 aliphatic rings. The third-order valence-electron chi connectivity index (χ3n) is 4.90. The second-order valence-corrected chi connectivity index (χ2v) is 7.01. The van der Waals surface area contributed by atoms with Crippen LogP contribution in [0.1, 0.15) is 44.7 Å². The van der Waals surface area contributed by atoms with Gasteiger partial charge in [0.25, 0.3) is 0 Å². The van der Waals surface area contributed by atoms with E-state index in [2.05, 4.69) is 17.3 Å². The Kier molecular flexibility index (Phi) is 6.37. The van der Waals surface area contributed by atoms with Crippen LogP contribution in [0.2, 0.25) is 0 Å². The van der Waals surface area contributed by atoms with E-state index in [9.17, 15) is 9.59 Å². The smallest absolute Gasteiger partial charge is 0.361 e. The van der Waals surface area contributed by atoms with Gasteiger partial charge in [-0.1, -0.05) is 96.2 Å². The van der Waals surface area contributed by atoms with Gasteiger partial charge in [0, 0.05) is 5.56 Å². The third kappa shape index (κ3) is 4.57. The Hall–Kier alpha value is -4.25. The van der Waals surface area contributed by atoms with Crippen molar-refractivity contribution in [1.29, 1.82) is 0 Å². The summed E-state index contributed by atoms with van der Waals surface area (Å²) >= 11 is 0. The lowest BCUT2D eigenvalue weighted by molar-refractivity contribution is 0.0512. The molecule has 1 heterocycles. The molecular weight excluding hydrogens is 402 g/mol. The number of ether oxygens (including phenoxy) is 1. The average Bonchev–Trinajstić information content (AvgIpc) is 3.28. The third-order valence-corrected chi connectivity index (χ3v) is 4.90. The monoisotopic (exact) mass is 423 g/mol. The first-order valence-electron chi connectivity index (χ1n) is 10.3. The Morgan fingerprint density at radius 3 is 2.12 bits per heavy atom. The zero-order chi connectivity index (χ0) is 22.3. The van der Waals surface area contributed by atoms with Crippen molar-refractivity contribution in [1.82, 2.24) is 5.16 Å². The molecule has 1 aromatic heterocycles. The van der Waals surface area contributed by atoms with Crippen molar-refractivity contribution in [2.45, 2.75) is 6.92 Å². The Morgan fingerprint density at radius 1 is 0.844 bits per heavy atom. The predicted molar refractivity (Wildman–Crippen MR) is 123 cm³/mol. The van der Waals surface area contributed by atoms with E-state index in [1.54, 1.807) is 37.3 Å². The highest BCUT2D eigenvalue weighted by molar-refractivity contribution is 6.15. The van der Waals surface area contributed by atoms with Crippen LogP contribution in [0.3, 0.4) is 0 Å². The highest BCUT2D eigenvalue weighted by atomic mass is 16.5. The van der Waals surface area contributed by atoms with E-state index in [-0.39, 0.29) is 29.4 Å². The molecule has 4 rings (SSSR count). The van der Waals surface area contributed by atoms with Gasteiger partial charge in [0.05, 0.1) is 6.61 Å². The van der Waals surface area contributed by atoms with Crippen LogP contribution >= 0.6 is 0 Å². The van der Waals surface area contributed by atoms with Crippen LogP contribution in [-0.2, 0) is 4.74 Å². The fraction of sp³-hybridized carbons (Fsp3) is 0.0741. The second kappa shape index (κ2) is 9.71. The summed E-state index contributed by atoms with van der Waals surface area (Å²) in [5, 5.41) is 3.83. The number of rotatable bonds is 7. The van der Waals surface area contributed by atoms with Crippen molar-refractivity contribution in [2.75, 3.05) is 6.61 Å². The number of carbonyl (C=O) groups is 2. The Bertz CT molecular complexity index is 1240. The van der Waals surface area contributed by atoms with Crippen molar-refractivity contribution < 1.29 is 18.8 Å². The van der Waals surface area contributed by atoms with E-state index in [0.29, 0.717) is 5.56 Å². The maximum absolute atomic E-state index is 13.1. The molecule has 0 aliphatic carbocycles. The number of nitrogens with zero attached hydrogens (tertiary/aromatic N) is 1. The van der Waals surface area contributed by atoms with Crippen molar-refractivity contribution in [2.24, 2.45) is 0 Å². The number of hydrogen-bond acceptors (Lipinski definition) is 5. The first-order valence-corrected chi connectivity index (χ1v) is 10.3. The van der Waals surface area contributed by atoms with Crippen LogP contribution < -0.4 is 0 Å². The minimum atomic E-state index is -0.692. The molecule has 0 saturated carbocycles. The fourth-order valence-corrected chi connectivity index (χ4v) is 3.30. The van der Waals surface area contributed by atoms with Gasteiger partial charge in [-0.2, -0.15) is 0 Å². The molecule has 3 aromatic carbocycles. The number of benzene rings is 3. The highest BCUT2D eigenvalue weighted by Crippen LogP contribution is 2.24. The molecule has 0 fully saturated rings. The quantitative estimate of drug-likeness (QED) is 0.273. The van der Waals surface area contributed by atoms with Gasteiger partial charge in [0.15, 0.2) is 11.5 Å². The molecule has 0 N–H and O–H groups in total. The molecule has 4 aromatic rings. The zero-order valence-corrected chi connectivity index (χ0v) is 17.5. The van der Waals surface area contributed by atoms with Gasteiger partial charge in [-0.15, -0.1) is 0 Å². The Balaban J connectivity index is 1.65. The van der Waals surface area contributed by atoms with Gasteiger partial charge in [0.2, 0.25) is 5.69 Å². The number of aromatic nitrogens is 1. The van der Waals surface area contributed by atoms with E-state index >= 15 is 0 Å². The Morgan fingerprint density at radius 2 is 1.47 bits per heavy atom. The van der Waals surface area contributed by atoms with Gasteiger partial charge in [-0.25, -0.2) is 4.79 Å². The molecule has 0 bridgehead atoms. The van der Waals surface area contributed by atoms with Gasteiger partial charge < -0.3 is 9.26 Å². The molecule has 0 unspecified atom stereocenters. The van der Waals surface area contributed by atoms with Crippen LogP contribution in [0.4, 0.5) is 0 Å². The Labute approximate surface area is 186 Å². The minimum Gasteiger partial charge on any atom is -0.461 e. The lowest BCUT2D eigenvalue weighted by Gasteiger charge is -2.03. The number of esters is 1. The highest BCUT2D eigenvalue weighted by Gasteiger charge is 2.28. The molecule has 0 saturated heterocycles. The van der Waals surface area contributed by atoms with Crippen molar-refractivity contribution in [3.63, 3.8) is 0 Å². The normalized spacial score (nSPS) is 10.9. The van der Waals surface area contributed by atoms with Crippen LogP contribution in [0.25, 0.3) is 23.3 Å². The standard InChI is InChI=1S/C27H21NO4/c1-2-31-27(30)25-24(26(29)22-11-7-4-8-12-22)23(32-28-25)18-15-19-13-16-21(17-14-19)20-9-5-3-6-10-20/h3-18H,2H2,1H3/b18-15+. The lowest BCUT2D eigenvalue weighted by Crippen LogP contribution is -2.12. The molecule has 158 valence electrons. The van der Waals surface area contributed by atoms with Gasteiger partial charge in [-0.05, 0) is 29.7 Å². The zero-order valence-electron chi connectivity index (χ0n) is 17.5.